The molecule has 0 aromatic heterocycles. The van der Waals surface area contributed by atoms with Crippen molar-refractivity contribution in [2.45, 2.75) is 33.8 Å². The van der Waals surface area contributed by atoms with Crippen LogP contribution < -0.4 is 4.72 Å². The summed E-state index contributed by atoms with van der Waals surface area (Å²) in [5.41, 5.74) is 1.79. The molecule has 1 aromatic rings. The summed E-state index contributed by atoms with van der Waals surface area (Å²) in [4.78, 5) is 0. The SMILES string of the molecule is Cc1cc(NS(=O)(=O)CCOC(C)C)c(C)cc1O. The van der Waals surface area contributed by atoms with Crippen molar-refractivity contribution < 1.29 is 18.3 Å². The van der Waals surface area contributed by atoms with Crippen molar-refractivity contribution in [3.05, 3.63) is 23.3 Å². The summed E-state index contributed by atoms with van der Waals surface area (Å²) in [6.07, 6.45) is 0.00727. The number of aromatic hydroxyl groups is 1. The van der Waals surface area contributed by atoms with Gasteiger partial charge in [0.05, 0.1) is 24.2 Å². The molecule has 5 nitrogen and oxygen atoms in total. The van der Waals surface area contributed by atoms with E-state index in [1.165, 1.54) is 6.07 Å². The van der Waals surface area contributed by atoms with Crippen molar-refractivity contribution in [2.24, 2.45) is 0 Å². The van der Waals surface area contributed by atoms with Crippen molar-refractivity contribution in [3.63, 3.8) is 0 Å². The molecule has 1 aromatic carbocycles. The van der Waals surface area contributed by atoms with Gasteiger partial charge in [0.25, 0.3) is 0 Å². The molecule has 19 heavy (non-hydrogen) atoms. The molecule has 0 saturated carbocycles. The Morgan fingerprint density at radius 2 is 1.89 bits per heavy atom. The number of ether oxygens (including phenoxy) is 1. The summed E-state index contributed by atoms with van der Waals surface area (Å²) in [7, 11) is -3.44. The van der Waals surface area contributed by atoms with E-state index in [9.17, 15) is 13.5 Å². The zero-order chi connectivity index (χ0) is 14.6. The number of hydrogen-bond donors (Lipinski definition) is 2. The van der Waals surface area contributed by atoms with Crippen LogP contribution in [0.2, 0.25) is 0 Å². The van der Waals surface area contributed by atoms with E-state index in [1.807, 2.05) is 13.8 Å². The highest BCUT2D eigenvalue weighted by Crippen LogP contribution is 2.25. The molecule has 0 bridgehead atoms. The van der Waals surface area contributed by atoms with Crippen LogP contribution in [0.1, 0.15) is 25.0 Å². The lowest BCUT2D eigenvalue weighted by Gasteiger charge is -2.13. The van der Waals surface area contributed by atoms with Crippen molar-refractivity contribution in [1.82, 2.24) is 0 Å². The molecule has 0 amide bonds. The first kappa shape index (κ1) is 15.8. The van der Waals surface area contributed by atoms with Gasteiger partial charge < -0.3 is 9.84 Å². The zero-order valence-electron chi connectivity index (χ0n) is 11.7. The summed E-state index contributed by atoms with van der Waals surface area (Å²) < 4.78 is 31.5. The minimum Gasteiger partial charge on any atom is -0.508 e. The van der Waals surface area contributed by atoms with E-state index in [1.54, 1.807) is 19.9 Å². The largest absolute Gasteiger partial charge is 0.508 e. The van der Waals surface area contributed by atoms with Crippen LogP contribution in [0.4, 0.5) is 5.69 Å². The van der Waals surface area contributed by atoms with Crippen LogP contribution in [0.3, 0.4) is 0 Å². The highest BCUT2D eigenvalue weighted by atomic mass is 32.2. The summed E-state index contributed by atoms with van der Waals surface area (Å²) in [6, 6.07) is 3.16. The van der Waals surface area contributed by atoms with E-state index in [0.29, 0.717) is 16.8 Å². The minimum atomic E-state index is -3.44. The van der Waals surface area contributed by atoms with E-state index >= 15 is 0 Å². The number of phenolic OH excluding ortho intramolecular Hbond substituents is 1. The molecule has 108 valence electrons. The van der Waals surface area contributed by atoms with Crippen molar-refractivity contribution in [3.8, 4) is 5.75 Å². The number of benzene rings is 1. The van der Waals surface area contributed by atoms with E-state index < -0.39 is 10.0 Å². The molecule has 0 fully saturated rings. The highest BCUT2D eigenvalue weighted by molar-refractivity contribution is 7.92. The normalized spacial score (nSPS) is 11.8. The average Bonchev–Trinajstić information content (AvgIpc) is 2.24. The first-order chi connectivity index (χ1) is 8.71. The summed E-state index contributed by atoms with van der Waals surface area (Å²) in [5.74, 6) is 0.0634. The van der Waals surface area contributed by atoms with Gasteiger partial charge in [0.15, 0.2) is 0 Å². The van der Waals surface area contributed by atoms with Gasteiger partial charge in [-0.05, 0) is 51.0 Å². The van der Waals surface area contributed by atoms with Gasteiger partial charge in [-0.1, -0.05) is 0 Å². The Hall–Kier alpha value is -1.27. The number of anilines is 1. The van der Waals surface area contributed by atoms with Gasteiger partial charge in [0, 0.05) is 0 Å². The van der Waals surface area contributed by atoms with E-state index in [-0.39, 0.29) is 24.2 Å². The van der Waals surface area contributed by atoms with Crippen molar-refractivity contribution >= 4 is 15.7 Å². The molecule has 0 atom stereocenters. The molecular formula is C13H21NO4S. The number of rotatable bonds is 6. The Balaban J connectivity index is 2.76. The molecule has 6 heteroatoms. The van der Waals surface area contributed by atoms with Gasteiger partial charge in [0.1, 0.15) is 5.75 Å². The predicted molar refractivity (Wildman–Crippen MR) is 76.1 cm³/mol. The molecule has 0 saturated heterocycles. The first-order valence-electron chi connectivity index (χ1n) is 6.13. The molecule has 1 rings (SSSR count). The maximum atomic E-state index is 11.9. The molecule has 0 aliphatic rings. The average molecular weight is 287 g/mol. The Morgan fingerprint density at radius 3 is 2.47 bits per heavy atom. The van der Waals surface area contributed by atoms with E-state index in [0.717, 1.165) is 0 Å². The second kappa shape index (κ2) is 6.25. The highest BCUT2D eigenvalue weighted by Gasteiger charge is 2.13. The smallest absolute Gasteiger partial charge is 0.235 e. The third-order valence-electron chi connectivity index (χ3n) is 2.61. The lowest BCUT2D eigenvalue weighted by atomic mass is 10.1. The second-order valence-corrected chi connectivity index (χ2v) is 6.64. The lowest BCUT2D eigenvalue weighted by molar-refractivity contribution is 0.0913. The third kappa shape index (κ3) is 5.08. The standard InChI is InChI=1S/C13H21NO4S/c1-9(2)18-5-6-19(16,17)14-12-7-11(4)13(15)8-10(12)3/h7-9,14-15H,5-6H2,1-4H3. The molecule has 0 radical (unpaired) electrons. The van der Waals surface area contributed by atoms with Crippen LogP contribution in [0, 0.1) is 13.8 Å². The van der Waals surface area contributed by atoms with Gasteiger partial charge in [0.2, 0.25) is 10.0 Å². The Morgan fingerprint density at radius 1 is 1.26 bits per heavy atom. The van der Waals surface area contributed by atoms with Gasteiger partial charge in [-0.3, -0.25) is 4.72 Å². The predicted octanol–water partition coefficient (Wildman–Crippen LogP) is 2.18. The summed E-state index contributed by atoms with van der Waals surface area (Å²) in [6.45, 7) is 7.32. The van der Waals surface area contributed by atoms with Crippen LogP contribution in [0.15, 0.2) is 12.1 Å². The van der Waals surface area contributed by atoms with Crippen LogP contribution in [-0.2, 0) is 14.8 Å². The fraction of sp³-hybridized carbons (Fsp3) is 0.538. The molecule has 2 N–H and O–H groups in total. The van der Waals surface area contributed by atoms with Crippen LogP contribution >= 0.6 is 0 Å². The lowest BCUT2D eigenvalue weighted by Crippen LogP contribution is -2.22. The maximum Gasteiger partial charge on any atom is 0.235 e. The number of phenols is 1. The molecule has 0 aliphatic carbocycles. The first-order valence-corrected chi connectivity index (χ1v) is 7.79. The van der Waals surface area contributed by atoms with Gasteiger partial charge >= 0.3 is 0 Å². The fourth-order valence-electron chi connectivity index (χ4n) is 1.52. The van der Waals surface area contributed by atoms with Gasteiger partial charge in [-0.2, -0.15) is 0 Å². The van der Waals surface area contributed by atoms with Crippen LogP contribution in [0.5, 0.6) is 5.75 Å². The number of sulfonamides is 1. The van der Waals surface area contributed by atoms with Gasteiger partial charge in [-0.25, -0.2) is 8.42 Å². The molecular weight excluding hydrogens is 266 g/mol. The third-order valence-corrected chi connectivity index (χ3v) is 3.85. The van der Waals surface area contributed by atoms with Crippen molar-refractivity contribution in [2.75, 3.05) is 17.1 Å². The maximum absolute atomic E-state index is 11.9. The quantitative estimate of drug-likeness (QED) is 0.786. The van der Waals surface area contributed by atoms with E-state index in [2.05, 4.69) is 4.72 Å². The monoisotopic (exact) mass is 287 g/mol. The number of nitrogens with one attached hydrogen (secondary N) is 1. The summed E-state index contributed by atoms with van der Waals surface area (Å²) >= 11 is 0. The Labute approximate surface area is 114 Å². The summed E-state index contributed by atoms with van der Waals surface area (Å²) in [5, 5.41) is 9.53. The van der Waals surface area contributed by atoms with E-state index in [4.69, 9.17) is 4.74 Å². The number of aryl methyl sites for hydroxylation is 2. The van der Waals surface area contributed by atoms with Gasteiger partial charge in [-0.15, -0.1) is 0 Å². The Bertz CT molecular complexity index is 538. The molecule has 0 spiro atoms. The minimum absolute atomic E-state index is 0.00727. The molecule has 0 unspecified atom stereocenters. The van der Waals surface area contributed by atoms with Crippen LogP contribution in [-0.4, -0.2) is 32.0 Å². The number of hydrogen-bond acceptors (Lipinski definition) is 4. The van der Waals surface area contributed by atoms with Crippen LogP contribution in [0.25, 0.3) is 0 Å². The fourth-order valence-corrected chi connectivity index (χ4v) is 2.50. The second-order valence-electron chi connectivity index (χ2n) is 4.79. The zero-order valence-corrected chi connectivity index (χ0v) is 12.5. The molecule has 0 heterocycles. The Kier molecular flexibility index (Phi) is 5.20. The van der Waals surface area contributed by atoms with Crippen molar-refractivity contribution in [1.29, 1.82) is 0 Å². The topological polar surface area (TPSA) is 75.6 Å². The molecule has 0 aliphatic heterocycles.